The van der Waals surface area contributed by atoms with Gasteiger partial charge in [-0.1, -0.05) is 12.1 Å². The molecular weight excluding hydrogens is 350 g/mol. The van der Waals surface area contributed by atoms with E-state index in [1.165, 1.54) is 30.5 Å². The van der Waals surface area contributed by atoms with Crippen LogP contribution in [0.4, 0.5) is 5.69 Å². The minimum absolute atomic E-state index is 0.0151. The van der Waals surface area contributed by atoms with Gasteiger partial charge in [-0.2, -0.15) is 10.2 Å². The van der Waals surface area contributed by atoms with Crippen LogP contribution >= 0.6 is 0 Å². The van der Waals surface area contributed by atoms with Crippen molar-refractivity contribution in [3.8, 4) is 17.0 Å². The molecule has 2 aromatic carbocycles. The van der Waals surface area contributed by atoms with Gasteiger partial charge in [0.2, 0.25) is 0 Å². The fraction of sp³-hybridized carbons (Fsp3) is 0.0556. The summed E-state index contributed by atoms with van der Waals surface area (Å²) in [5.74, 6) is 0.226. The Morgan fingerprint density at radius 3 is 2.74 bits per heavy atom. The first kappa shape index (κ1) is 17.8. The number of non-ortho nitro benzene ring substituents is 1. The molecule has 1 heterocycles. The monoisotopic (exact) mass is 365 g/mol. The first-order valence-electron chi connectivity index (χ1n) is 7.84. The van der Waals surface area contributed by atoms with Crippen LogP contribution in [0.2, 0.25) is 0 Å². The van der Waals surface area contributed by atoms with E-state index in [4.69, 9.17) is 4.74 Å². The summed E-state index contributed by atoms with van der Waals surface area (Å²) in [6, 6.07) is 14.7. The zero-order valence-electron chi connectivity index (χ0n) is 14.2. The molecule has 27 heavy (non-hydrogen) atoms. The Morgan fingerprint density at radius 2 is 2.04 bits per heavy atom. The third-order valence-corrected chi connectivity index (χ3v) is 3.67. The summed E-state index contributed by atoms with van der Waals surface area (Å²) in [6.07, 6.45) is 1.39. The number of carbonyl (C=O) groups is 1. The second-order valence-electron chi connectivity index (χ2n) is 5.45. The number of ether oxygens (including phenoxy) is 1. The highest BCUT2D eigenvalue weighted by molar-refractivity contribution is 5.94. The Labute approximate surface area is 153 Å². The zero-order chi connectivity index (χ0) is 19.2. The number of nitro groups is 1. The second kappa shape index (κ2) is 7.91. The summed E-state index contributed by atoms with van der Waals surface area (Å²) in [5.41, 5.74) is 4.62. The molecule has 0 aliphatic carbocycles. The van der Waals surface area contributed by atoms with Gasteiger partial charge >= 0.3 is 0 Å². The first-order chi connectivity index (χ1) is 13.1. The Hall–Kier alpha value is -4.01. The van der Waals surface area contributed by atoms with E-state index >= 15 is 0 Å². The van der Waals surface area contributed by atoms with E-state index in [9.17, 15) is 14.9 Å². The Morgan fingerprint density at radius 1 is 1.26 bits per heavy atom. The topological polar surface area (TPSA) is 123 Å². The summed E-state index contributed by atoms with van der Waals surface area (Å²) < 4.78 is 5.17. The highest BCUT2D eigenvalue weighted by Crippen LogP contribution is 2.22. The number of aromatic amines is 1. The van der Waals surface area contributed by atoms with Crippen molar-refractivity contribution in [2.24, 2.45) is 5.10 Å². The molecule has 0 aliphatic rings. The molecule has 136 valence electrons. The highest BCUT2D eigenvalue weighted by Gasteiger charge is 2.11. The predicted octanol–water partition coefficient (Wildman–Crippen LogP) is 2.76. The number of benzene rings is 2. The average molecular weight is 365 g/mol. The summed E-state index contributed by atoms with van der Waals surface area (Å²) in [7, 11) is 1.57. The summed E-state index contributed by atoms with van der Waals surface area (Å²) in [5, 5.41) is 21.2. The minimum Gasteiger partial charge on any atom is -0.497 e. The maximum atomic E-state index is 12.1. The summed E-state index contributed by atoms with van der Waals surface area (Å²) >= 11 is 0. The molecule has 0 aliphatic heterocycles. The van der Waals surface area contributed by atoms with Crippen LogP contribution in [0.25, 0.3) is 11.3 Å². The quantitative estimate of drug-likeness (QED) is 0.395. The predicted molar refractivity (Wildman–Crippen MR) is 98.7 cm³/mol. The minimum atomic E-state index is -0.485. The SMILES string of the molecule is COc1cccc(-c2cc(C(=O)NN=Cc3ccc([N+](=O)[O-])cc3)[nH]n2)c1. The molecule has 0 spiro atoms. The second-order valence-corrected chi connectivity index (χ2v) is 5.45. The van der Waals surface area contributed by atoms with Crippen LogP contribution in [-0.2, 0) is 0 Å². The normalized spacial score (nSPS) is 10.7. The van der Waals surface area contributed by atoms with Gasteiger partial charge in [-0.3, -0.25) is 20.0 Å². The van der Waals surface area contributed by atoms with Gasteiger partial charge in [0.05, 0.1) is 23.9 Å². The van der Waals surface area contributed by atoms with E-state index in [-0.39, 0.29) is 11.4 Å². The maximum absolute atomic E-state index is 12.1. The number of rotatable bonds is 6. The van der Waals surface area contributed by atoms with E-state index in [0.29, 0.717) is 17.0 Å². The summed E-state index contributed by atoms with van der Waals surface area (Å²) in [6.45, 7) is 0. The van der Waals surface area contributed by atoms with Crippen LogP contribution in [0.15, 0.2) is 59.7 Å². The molecule has 9 heteroatoms. The van der Waals surface area contributed by atoms with Gasteiger partial charge in [0, 0.05) is 17.7 Å². The molecular formula is C18H15N5O4. The van der Waals surface area contributed by atoms with Crippen LogP contribution < -0.4 is 10.2 Å². The number of hydrogen-bond acceptors (Lipinski definition) is 6. The molecule has 0 fully saturated rings. The molecule has 1 amide bonds. The lowest BCUT2D eigenvalue weighted by Gasteiger charge is -2.00. The van der Waals surface area contributed by atoms with Crippen molar-refractivity contribution in [2.45, 2.75) is 0 Å². The van der Waals surface area contributed by atoms with Gasteiger partial charge in [0.1, 0.15) is 11.4 Å². The average Bonchev–Trinajstić information content (AvgIpc) is 3.19. The van der Waals surface area contributed by atoms with Crippen molar-refractivity contribution in [3.05, 3.63) is 76.0 Å². The number of amides is 1. The van der Waals surface area contributed by atoms with Crippen molar-refractivity contribution < 1.29 is 14.5 Å². The fourth-order valence-corrected chi connectivity index (χ4v) is 2.28. The Balaban J connectivity index is 1.64. The summed E-state index contributed by atoms with van der Waals surface area (Å²) in [4.78, 5) is 22.3. The number of carbonyl (C=O) groups excluding carboxylic acids is 1. The Bertz CT molecular complexity index is 995. The molecule has 0 unspecified atom stereocenters. The van der Waals surface area contributed by atoms with E-state index in [0.717, 1.165) is 5.56 Å². The molecule has 2 N–H and O–H groups in total. The van der Waals surface area contributed by atoms with Gasteiger partial charge in [0.25, 0.3) is 11.6 Å². The largest absolute Gasteiger partial charge is 0.497 e. The lowest BCUT2D eigenvalue weighted by atomic mass is 10.1. The van der Waals surface area contributed by atoms with Gasteiger partial charge in [-0.15, -0.1) is 0 Å². The smallest absolute Gasteiger partial charge is 0.289 e. The molecule has 0 radical (unpaired) electrons. The molecule has 9 nitrogen and oxygen atoms in total. The van der Waals surface area contributed by atoms with Crippen LogP contribution in [0.5, 0.6) is 5.75 Å². The highest BCUT2D eigenvalue weighted by atomic mass is 16.6. The van der Waals surface area contributed by atoms with Gasteiger partial charge in [0.15, 0.2) is 0 Å². The lowest BCUT2D eigenvalue weighted by Crippen LogP contribution is -2.17. The van der Waals surface area contributed by atoms with Crippen molar-refractivity contribution in [1.29, 1.82) is 0 Å². The number of H-pyrrole nitrogens is 1. The van der Waals surface area contributed by atoms with Gasteiger partial charge < -0.3 is 4.74 Å². The fourth-order valence-electron chi connectivity index (χ4n) is 2.28. The maximum Gasteiger partial charge on any atom is 0.289 e. The van der Waals surface area contributed by atoms with Crippen LogP contribution in [0.1, 0.15) is 16.1 Å². The van der Waals surface area contributed by atoms with Crippen molar-refractivity contribution in [1.82, 2.24) is 15.6 Å². The van der Waals surface area contributed by atoms with Gasteiger partial charge in [-0.25, -0.2) is 5.43 Å². The number of hydrazone groups is 1. The van der Waals surface area contributed by atoms with Crippen molar-refractivity contribution in [2.75, 3.05) is 7.11 Å². The number of nitrogens with one attached hydrogen (secondary N) is 2. The Kier molecular flexibility index (Phi) is 5.22. The standard InChI is InChI=1S/C18H15N5O4/c1-27-15-4-2-3-13(9-15)16-10-17(21-20-16)18(24)22-19-11-12-5-7-14(8-6-12)23(25)26/h2-11H,1H3,(H,20,21)(H,22,24). The lowest BCUT2D eigenvalue weighted by molar-refractivity contribution is -0.384. The molecule has 1 aromatic heterocycles. The van der Waals surface area contributed by atoms with Crippen LogP contribution in [0, 0.1) is 10.1 Å². The van der Waals surface area contributed by atoms with Gasteiger partial charge in [-0.05, 0) is 35.9 Å². The zero-order valence-corrected chi connectivity index (χ0v) is 14.2. The number of nitrogens with zero attached hydrogens (tertiary/aromatic N) is 3. The molecule has 0 saturated carbocycles. The molecule has 0 bridgehead atoms. The molecule has 3 rings (SSSR count). The molecule has 0 saturated heterocycles. The third-order valence-electron chi connectivity index (χ3n) is 3.67. The van der Waals surface area contributed by atoms with Crippen molar-refractivity contribution in [3.63, 3.8) is 0 Å². The number of methoxy groups -OCH3 is 1. The molecule has 3 aromatic rings. The van der Waals surface area contributed by atoms with E-state index in [1.807, 2.05) is 24.3 Å². The number of aromatic nitrogens is 2. The van der Waals surface area contributed by atoms with Crippen LogP contribution in [-0.4, -0.2) is 34.4 Å². The van der Waals surface area contributed by atoms with Crippen molar-refractivity contribution >= 4 is 17.8 Å². The van der Waals surface area contributed by atoms with E-state index in [1.54, 1.807) is 13.2 Å². The van der Waals surface area contributed by atoms with Crippen LogP contribution in [0.3, 0.4) is 0 Å². The van der Waals surface area contributed by atoms with E-state index < -0.39 is 10.8 Å². The number of hydrogen-bond donors (Lipinski definition) is 2. The first-order valence-corrected chi connectivity index (χ1v) is 7.84. The number of nitro benzene ring substituents is 1. The van der Waals surface area contributed by atoms with E-state index in [2.05, 4.69) is 20.7 Å². The third kappa shape index (κ3) is 4.34. The molecule has 0 atom stereocenters.